The van der Waals surface area contributed by atoms with Gasteiger partial charge >= 0.3 is 0 Å². The number of fused-ring (bicyclic) bond motifs is 1. The first kappa shape index (κ1) is 19.0. The second-order valence-electron chi connectivity index (χ2n) is 6.68. The van der Waals surface area contributed by atoms with Crippen molar-refractivity contribution in [1.82, 2.24) is 10.5 Å². The number of nitrogens with zero attached hydrogens (tertiary/aromatic N) is 2. The van der Waals surface area contributed by atoms with Gasteiger partial charge in [0.1, 0.15) is 24.2 Å². The second-order valence-corrected chi connectivity index (χ2v) is 7.12. The second kappa shape index (κ2) is 7.97. The fraction of sp³-hybridized carbons (Fsp3) is 0.190. The first-order chi connectivity index (χ1) is 14.0. The number of para-hydroxylation sites is 2. The zero-order valence-electron chi connectivity index (χ0n) is 15.6. The molecule has 0 aliphatic carbocycles. The van der Waals surface area contributed by atoms with Crippen LogP contribution in [0.3, 0.4) is 0 Å². The van der Waals surface area contributed by atoms with Crippen LogP contribution in [0.5, 0.6) is 5.75 Å². The third-order valence-electron chi connectivity index (χ3n) is 4.65. The van der Waals surface area contributed by atoms with Crippen molar-refractivity contribution in [2.45, 2.75) is 12.5 Å². The average Bonchev–Trinajstić information content (AvgIpc) is 3.16. The van der Waals surface area contributed by atoms with Crippen LogP contribution in [0, 0.1) is 0 Å². The van der Waals surface area contributed by atoms with Gasteiger partial charge in [0.15, 0.2) is 5.69 Å². The zero-order valence-corrected chi connectivity index (χ0v) is 16.3. The fourth-order valence-electron chi connectivity index (χ4n) is 3.10. The molecule has 0 spiro atoms. The van der Waals surface area contributed by atoms with Crippen LogP contribution in [0.4, 0.5) is 5.69 Å². The summed E-state index contributed by atoms with van der Waals surface area (Å²) in [6.45, 7) is 0.0292. The third kappa shape index (κ3) is 4.09. The van der Waals surface area contributed by atoms with Gasteiger partial charge in [-0.15, -0.1) is 0 Å². The minimum atomic E-state index is -0.837. The highest BCUT2D eigenvalue weighted by atomic mass is 35.5. The van der Waals surface area contributed by atoms with Gasteiger partial charge in [-0.3, -0.25) is 9.59 Å². The molecule has 8 heteroatoms. The highest BCUT2D eigenvalue weighted by molar-refractivity contribution is 6.30. The summed E-state index contributed by atoms with van der Waals surface area (Å²) in [5.41, 5.74) is 1.73. The van der Waals surface area contributed by atoms with Crippen LogP contribution in [0.1, 0.15) is 21.8 Å². The lowest BCUT2D eigenvalue weighted by Crippen LogP contribution is -2.49. The topological polar surface area (TPSA) is 84.7 Å². The Balaban J connectivity index is 1.44. The number of aromatic nitrogens is 1. The zero-order chi connectivity index (χ0) is 20.4. The molecule has 148 valence electrons. The maximum atomic E-state index is 12.7. The SMILES string of the molecule is CN1C(=O)C(NC(=O)c2cc(Cc3ccc(Cl)cc3)on2)COc2ccccc21. The number of amides is 2. The van der Waals surface area contributed by atoms with Gasteiger partial charge in [0, 0.05) is 24.6 Å². The lowest BCUT2D eigenvalue weighted by Gasteiger charge is -2.19. The van der Waals surface area contributed by atoms with Gasteiger partial charge in [-0.25, -0.2) is 0 Å². The molecule has 2 amide bonds. The van der Waals surface area contributed by atoms with Crippen molar-refractivity contribution >= 4 is 29.1 Å². The summed E-state index contributed by atoms with van der Waals surface area (Å²) in [5, 5.41) is 7.15. The number of carbonyl (C=O) groups excluding carboxylic acids is 2. The number of anilines is 1. The van der Waals surface area contributed by atoms with Crippen LogP contribution in [-0.4, -0.2) is 36.7 Å². The predicted molar refractivity (Wildman–Crippen MR) is 107 cm³/mol. The van der Waals surface area contributed by atoms with E-state index in [1.165, 1.54) is 4.90 Å². The summed E-state index contributed by atoms with van der Waals surface area (Å²) in [6, 6.07) is 15.3. The van der Waals surface area contributed by atoms with E-state index in [1.807, 2.05) is 24.3 Å². The maximum absolute atomic E-state index is 12.7. The summed E-state index contributed by atoms with van der Waals surface area (Å²) in [7, 11) is 1.65. The Bertz CT molecular complexity index is 1050. The van der Waals surface area contributed by atoms with Crippen LogP contribution >= 0.6 is 11.6 Å². The monoisotopic (exact) mass is 411 g/mol. The number of halogens is 1. The van der Waals surface area contributed by atoms with E-state index in [-0.39, 0.29) is 18.2 Å². The molecule has 1 unspecified atom stereocenters. The van der Waals surface area contributed by atoms with Gasteiger partial charge in [-0.2, -0.15) is 0 Å². The van der Waals surface area contributed by atoms with Crippen molar-refractivity contribution < 1.29 is 18.8 Å². The molecule has 7 nitrogen and oxygen atoms in total. The summed E-state index contributed by atoms with van der Waals surface area (Å²) in [6.07, 6.45) is 0.473. The summed E-state index contributed by atoms with van der Waals surface area (Å²) < 4.78 is 11.0. The van der Waals surface area contributed by atoms with E-state index >= 15 is 0 Å². The Morgan fingerprint density at radius 1 is 1.24 bits per heavy atom. The van der Waals surface area contributed by atoms with Crippen molar-refractivity contribution in [3.63, 3.8) is 0 Å². The molecule has 0 saturated heterocycles. The van der Waals surface area contributed by atoms with E-state index in [2.05, 4.69) is 10.5 Å². The van der Waals surface area contributed by atoms with Gasteiger partial charge in [0.05, 0.1) is 5.69 Å². The standard InChI is InChI=1S/C21H18ClN3O4/c1-25-18-4-2-3-5-19(18)28-12-17(21(25)27)23-20(26)16-11-15(29-24-16)10-13-6-8-14(22)9-7-13/h2-9,11,17H,10,12H2,1H3,(H,23,26). The maximum Gasteiger partial charge on any atom is 0.274 e. The van der Waals surface area contributed by atoms with Crippen LogP contribution < -0.4 is 15.0 Å². The first-order valence-corrected chi connectivity index (χ1v) is 9.39. The number of carbonyl (C=O) groups is 2. The number of rotatable bonds is 4. The molecule has 0 saturated carbocycles. The van der Waals surface area contributed by atoms with Gasteiger partial charge in [-0.1, -0.05) is 41.0 Å². The van der Waals surface area contributed by atoms with Gasteiger partial charge in [-0.05, 0) is 29.8 Å². The fourth-order valence-corrected chi connectivity index (χ4v) is 3.22. The van der Waals surface area contributed by atoms with Crippen molar-refractivity contribution in [3.8, 4) is 5.75 Å². The molecule has 1 N–H and O–H groups in total. The van der Waals surface area contributed by atoms with E-state index in [0.717, 1.165) is 5.56 Å². The van der Waals surface area contributed by atoms with Crippen LogP contribution in [-0.2, 0) is 11.2 Å². The van der Waals surface area contributed by atoms with Crippen LogP contribution in [0.2, 0.25) is 5.02 Å². The lowest BCUT2D eigenvalue weighted by atomic mass is 10.1. The molecule has 29 heavy (non-hydrogen) atoms. The van der Waals surface area contributed by atoms with Crippen molar-refractivity contribution in [3.05, 3.63) is 76.6 Å². The molecule has 4 rings (SSSR count). The smallest absolute Gasteiger partial charge is 0.274 e. The molecule has 0 bridgehead atoms. The molecular formula is C21H18ClN3O4. The lowest BCUT2D eigenvalue weighted by molar-refractivity contribution is -0.120. The molecular weight excluding hydrogens is 394 g/mol. The highest BCUT2D eigenvalue weighted by Crippen LogP contribution is 2.29. The Labute approximate surface area is 172 Å². The van der Waals surface area contributed by atoms with Gasteiger partial charge in [0.25, 0.3) is 11.8 Å². The molecule has 1 aliphatic rings. The summed E-state index contributed by atoms with van der Waals surface area (Å²) >= 11 is 5.89. The van der Waals surface area contributed by atoms with Crippen molar-refractivity contribution in [1.29, 1.82) is 0 Å². The van der Waals surface area contributed by atoms with Crippen LogP contribution in [0.25, 0.3) is 0 Å². The Morgan fingerprint density at radius 3 is 2.79 bits per heavy atom. The quantitative estimate of drug-likeness (QED) is 0.713. The van der Waals surface area contributed by atoms with Gasteiger partial charge in [0.2, 0.25) is 0 Å². The van der Waals surface area contributed by atoms with E-state index in [9.17, 15) is 9.59 Å². The number of hydrogen-bond donors (Lipinski definition) is 1. The molecule has 2 aromatic carbocycles. The molecule has 1 aliphatic heterocycles. The highest BCUT2D eigenvalue weighted by Gasteiger charge is 2.31. The Kier molecular flexibility index (Phi) is 5.22. The summed E-state index contributed by atoms with van der Waals surface area (Å²) in [5.74, 6) is 0.350. The largest absolute Gasteiger partial charge is 0.489 e. The van der Waals surface area contributed by atoms with E-state index in [4.69, 9.17) is 20.9 Å². The number of nitrogens with one attached hydrogen (secondary N) is 1. The molecule has 3 aromatic rings. The van der Waals surface area contributed by atoms with Gasteiger partial charge < -0.3 is 19.5 Å². The number of ether oxygens (including phenoxy) is 1. The van der Waals surface area contributed by atoms with E-state index in [1.54, 1.807) is 37.4 Å². The molecule has 1 aromatic heterocycles. The molecule has 2 heterocycles. The normalized spacial score (nSPS) is 16.0. The Hall–Kier alpha value is -3.32. The van der Waals surface area contributed by atoms with E-state index < -0.39 is 11.9 Å². The number of hydrogen-bond acceptors (Lipinski definition) is 5. The molecule has 0 fully saturated rings. The molecule has 1 atom stereocenters. The number of benzene rings is 2. The minimum Gasteiger partial charge on any atom is -0.489 e. The number of likely N-dealkylation sites (N-methyl/N-ethyl adjacent to an activating group) is 1. The minimum absolute atomic E-state index is 0.0292. The van der Waals surface area contributed by atoms with E-state index in [0.29, 0.717) is 28.6 Å². The predicted octanol–water partition coefficient (Wildman–Crippen LogP) is 3.07. The summed E-state index contributed by atoms with van der Waals surface area (Å²) in [4.78, 5) is 26.8. The third-order valence-corrected chi connectivity index (χ3v) is 4.90. The Morgan fingerprint density at radius 2 is 2.00 bits per heavy atom. The van der Waals surface area contributed by atoms with Crippen molar-refractivity contribution in [2.24, 2.45) is 0 Å². The van der Waals surface area contributed by atoms with Crippen LogP contribution in [0.15, 0.2) is 59.1 Å². The molecule has 0 radical (unpaired) electrons. The first-order valence-electron chi connectivity index (χ1n) is 9.01. The average molecular weight is 412 g/mol. The van der Waals surface area contributed by atoms with Crippen molar-refractivity contribution in [2.75, 3.05) is 18.6 Å².